The van der Waals surface area contributed by atoms with E-state index in [0.717, 1.165) is 11.4 Å². The van der Waals surface area contributed by atoms with Crippen LogP contribution in [0.3, 0.4) is 0 Å². The van der Waals surface area contributed by atoms with Crippen LogP contribution in [0.5, 0.6) is 0 Å². The standard InChI is InChI=1S/C21H25N3O2/c1-23(2)19-10-8-17(9-11-19)21(26)24-14-12-16(13-15-24)20(25)22-18-6-4-3-5-7-18/h3-11,16H,12-15H2,1-2H3,(H,22,25). The molecule has 2 aromatic carbocycles. The fraction of sp³-hybridized carbons (Fsp3) is 0.333. The van der Waals surface area contributed by atoms with Crippen LogP contribution < -0.4 is 10.2 Å². The zero-order valence-electron chi connectivity index (χ0n) is 15.3. The Morgan fingerprint density at radius 1 is 0.962 bits per heavy atom. The topological polar surface area (TPSA) is 52.7 Å². The first-order valence-electron chi connectivity index (χ1n) is 8.97. The maximum atomic E-state index is 12.7. The van der Waals surface area contributed by atoms with Crippen molar-refractivity contribution in [3.05, 3.63) is 60.2 Å². The molecule has 2 amide bonds. The van der Waals surface area contributed by atoms with Crippen LogP contribution in [0.4, 0.5) is 11.4 Å². The van der Waals surface area contributed by atoms with Crippen molar-refractivity contribution in [3.8, 4) is 0 Å². The third kappa shape index (κ3) is 4.23. The molecule has 1 heterocycles. The lowest BCUT2D eigenvalue weighted by molar-refractivity contribution is -0.121. The summed E-state index contributed by atoms with van der Waals surface area (Å²) in [4.78, 5) is 28.9. The van der Waals surface area contributed by atoms with Crippen molar-refractivity contribution < 1.29 is 9.59 Å². The number of nitrogens with zero attached hydrogens (tertiary/aromatic N) is 2. The molecule has 26 heavy (non-hydrogen) atoms. The van der Waals surface area contributed by atoms with E-state index in [4.69, 9.17) is 0 Å². The minimum atomic E-state index is -0.0460. The third-order valence-electron chi connectivity index (χ3n) is 4.82. The lowest BCUT2D eigenvalue weighted by Gasteiger charge is -2.31. The normalized spacial score (nSPS) is 14.8. The third-order valence-corrected chi connectivity index (χ3v) is 4.82. The summed E-state index contributed by atoms with van der Waals surface area (Å²) in [6.07, 6.45) is 1.39. The summed E-state index contributed by atoms with van der Waals surface area (Å²) in [5, 5.41) is 2.96. The molecule has 1 saturated heterocycles. The Morgan fingerprint density at radius 3 is 2.15 bits per heavy atom. The van der Waals surface area contributed by atoms with Gasteiger partial charge < -0.3 is 15.1 Å². The second-order valence-corrected chi connectivity index (χ2v) is 6.86. The van der Waals surface area contributed by atoms with Crippen molar-refractivity contribution in [1.29, 1.82) is 0 Å². The van der Waals surface area contributed by atoms with Crippen LogP contribution in [0.2, 0.25) is 0 Å². The van der Waals surface area contributed by atoms with E-state index < -0.39 is 0 Å². The lowest BCUT2D eigenvalue weighted by Crippen LogP contribution is -2.41. The summed E-state index contributed by atoms with van der Waals surface area (Å²) in [5.41, 5.74) is 2.58. The van der Waals surface area contributed by atoms with E-state index in [0.29, 0.717) is 31.5 Å². The number of carbonyl (C=O) groups is 2. The van der Waals surface area contributed by atoms with E-state index in [1.165, 1.54) is 0 Å². The molecular formula is C21H25N3O2. The number of amides is 2. The van der Waals surface area contributed by atoms with Crippen LogP contribution >= 0.6 is 0 Å². The van der Waals surface area contributed by atoms with E-state index in [1.54, 1.807) is 0 Å². The van der Waals surface area contributed by atoms with Crippen molar-refractivity contribution in [1.82, 2.24) is 4.90 Å². The first-order valence-corrected chi connectivity index (χ1v) is 8.97. The molecule has 0 unspecified atom stereocenters. The zero-order valence-corrected chi connectivity index (χ0v) is 15.3. The van der Waals surface area contributed by atoms with Gasteiger partial charge in [0.15, 0.2) is 0 Å². The van der Waals surface area contributed by atoms with Gasteiger partial charge in [0.1, 0.15) is 0 Å². The smallest absolute Gasteiger partial charge is 0.253 e. The van der Waals surface area contributed by atoms with E-state index in [-0.39, 0.29) is 17.7 Å². The van der Waals surface area contributed by atoms with Gasteiger partial charge in [-0.1, -0.05) is 18.2 Å². The molecule has 0 atom stereocenters. The number of hydrogen-bond donors (Lipinski definition) is 1. The largest absolute Gasteiger partial charge is 0.378 e. The molecule has 5 heteroatoms. The van der Waals surface area contributed by atoms with Gasteiger partial charge in [0.25, 0.3) is 5.91 Å². The SMILES string of the molecule is CN(C)c1ccc(C(=O)N2CCC(C(=O)Nc3ccccc3)CC2)cc1. The van der Waals surface area contributed by atoms with Gasteiger partial charge in [0.2, 0.25) is 5.91 Å². The van der Waals surface area contributed by atoms with Gasteiger partial charge in [0, 0.05) is 50.0 Å². The highest BCUT2D eigenvalue weighted by Gasteiger charge is 2.27. The molecule has 0 bridgehead atoms. The van der Waals surface area contributed by atoms with E-state index in [9.17, 15) is 9.59 Å². The number of rotatable bonds is 4. The minimum Gasteiger partial charge on any atom is -0.378 e. The highest BCUT2D eigenvalue weighted by Crippen LogP contribution is 2.22. The molecule has 2 aromatic rings. The molecule has 5 nitrogen and oxygen atoms in total. The van der Waals surface area contributed by atoms with Crippen LogP contribution in [0, 0.1) is 5.92 Å². The average Bonchev–Trinajstić information content (AvgIpc) is 2.68. The van der Waals surface area contributed by atoms with Crippen LogP contribution in [0.25, 0.3) is 0 Å². The monoisotopic (exact) mass is 351 g/mol. The number of anilines is 2. The number of likely N-dealkylation sites (tertiary alicyclic amines) is 1. The summed E-state index contributed by atoms with van der Waals surface area (Å²) < 4.78 is 0. The molecule has 1 aliphatic rings. The molecule has 136 valence electrons. The zero-order chi connectivity index (χ0) is 18.5. The highest BCUT2D eigenvalue weighted by molar-refractivity contribution is 5.95. The number of para-hydroxylation sites is 1. The van der Waals surface area contributed by atoms with Crippen molar-refractivity contribution in [2.24, 2.45) is 5.92 Å². The van der Waals surface area contributed by atoms with Crippen LogP contribution in [0.15, 0.2) is 54.6 Å². The molecule has 1 aliphatic heterocycles. The van der Waals surface area contributed by atoms with Gasteiger partial charge >= 0.3 is 0 Å². The molecule has 0 spiro atoms. The van der Waals surface area contributed by atoms with Crippen LogP contribution in [-0.4, -0.2) is 43.9 Å². The Labute approximate surface area is 154 Å². The van der Waals surface area contributed by atoms with Crippen molar-refractivity contribution in [2.75, 3.05) is 37.4 Å². The number of carbonyl (C=O) groups excluding carboxylic acids is 2. The number of nitrogens with one attached hydrogen (secondary N) is 1. The predicted octanol–water partition coefficient (Wildman–Crippen LogP) is 3.24. The van der Waals surface area contributed by atoms with Gasteiger partial charge in [0.05, 0.1) is 0 Å². The second kappa shape index (κ2) is 8.04. The van der Waals surface area contributed by atoms with Crippen LogP contribution in [-0.2, 0) is 4.79 Å². The Balaban J connectivity index is 1.54. The molecule has 0 aromatic heterocycles. The lowest BCUT2D eigenvalue weighted by atomic mass is 9.95. The Kier molecular flexibility index (Phi) is 5.56. The molecule has 3 rings (SSSR count). The van der Waals surface area contributed by atoms with Gasteiger partial charge in [-0.05, 0) is 49.2 Å². The van der Waals surface area contributed by atoms with E-state index in [2.05, 4.69) is 5.32 Å². The first-order chi connectivity index (χ1) is 12.5. The van der Waals surface area contributed by atoms with E-state index >= 15 is 0 Å². The Hall–Kier alpha value is -2.82. The molecule has 1 N–H and O–H groups in total. The predicted molar refractivity (Wildman–Crippen MR) is 104 cm³/mol. The van der Waals surface area contributed by atoms with Crippen molar-refractivity contribution in [2.45, 2.75) is 12.8 Å². The van der Waals surface area contributed by atoms with Crippen molar-refractivity contribution >= 4 is 23.2 Å². The maximum absolute atomic E-state index is 12.7. The molecule has 0 saturated carbocycles. The van der Waals surface area contributed by atoms with Gasteiger partial charge in [-0.2, -0.15) is 0 Å². The molecule has 0 radical (unpaired) electrons. The summed E-state index contributed by atoms with van der Waals surface area (Å²) in [7, 11) is 3.95. The molecule has 1 fully saturated rings. The summed E-state index contributed by atoms with van der Waals surface area (Å²) in [6.45, 7) is 1.22. The van der Waals surface area contributed by atoms with Crippen LogP contribution in [0.1, 0.15) is 23.2 Å². The fourth-order valence-corrected chi connectivity index (χ4v) is 3.20. The number of hydrogen-bond acceptors (Lipinski definition) is 3. The summed E-state index contributed by atoms with van der Waals surface area (Å²) in [6, 6.07) is 17.1. The molecule has 0 aliphatic carbocycles. The van der Waals surface area contributed by atoms with Gasteiger partial charge in [-0.25, -0.2) is 0 Å². The maximum Gasteiger partial charge on any atom is 0.253 e. The second-order valence-electron chi connectivity index (χ2n) is 6.86. The molecular weight excluding hydrogens is 326 g/mol. The number of piperidine rings is 1. The summed E-state index contributed by atoms with van der Waals surface area (Å²) >= 11 is 0. The fourth-order valence-electron chi connectivity index (χ4n) is 3.20. The quantitative estimate of drug-likeness (QED) is 0.920. The Morgan fingerprint density at radius 2 is 1.58 bits per heavy atom. The minimum absolute atomic E-state index is 0.0391. The van der Waals surface area contributed by atoms with Gasteiger partial charge in [-0.15, -0.1) is 0 Å². The van der Waals surface area contributed by atoms with Crippen molar-refractivity contribution in [3.63, 3.8) is 0 Å². The highest BCUT2D eigenvalue weighted by atomic mass is 16.2. The number of benzene rings is 2. The summed E-state index contributed by atoms with van der Waals surface area (Å²) in [5.74, 6) is 0.0335. The van der Waals surface area contributed by atoms with E-state index in [1.807, 2.05) is 78.5 Å². The Bertz CT molecular complexity index is 749. The first kappa shape index (κ1) is 18.0. The van der Waals surface area contributed by atoms with Gasteiger partial charge in [-0.3, -0.25) is 9.59 Å². The average molecular weight is 351 g/mol.